The lowest BCUT2D eigenvalue weighted by Gasteiger charge is -2.27. The quantitative estimate of drug-likeness (QED) is 0.539. The zero-order valence-corrected chi connectivity index (χ0v) is 10.9. The van der Waals surface area contributed by atoms with E-state index in [1.54, 1.807) is 0 Å². The minimum absolute atomic E-state index is 0.500. The summed E-state index contributed by atoms with van der Waals surface area (Å²) in [6, 6.07) is 11.0. The van der Waals surface area contributed by atoms with Crippen molar-refractivity contribution in [1.82, 2.24) is 4.90 Å². The number of benzene rings is 1. The van der Waals surface area contributed by atoms with Gasteiger partial charge < -0.3 is 0 Å². The number of hydrogen-bond donors (Lipinski definition) is 0. The van der Waals surface area contributed by atoms with Crippen molar-refractivity contribution in [3.63, 3.8) is 0 Å². The molecule has 0 saturated heterocycles. The van der Waals surface area contributed by atoms with Gasteiger partial charge in [-0.1, -0.05) is 36.9 Å². The third kappa shape index (κ3) is 4.38. The normalized spacial score (nSPS) is 11.1. The van der Waals surface area contributed by atoms with Crippen molar-refractivity contribution in [2.45, 2.75) is 26.4 Å². The molecule has 0 radical (unpaired) electrons. The summed E-state index contributed by atoms with van der Waals surface area (Å²) in [5.74, 6) is 0.540. The van der Waals surface area contributed by atoms with E-state index < -0.39 is 0 Å². The topological polar surface area (TPSA) is 3.24 Å². The predicted molar refractivity (Wildman–Crippen MR) is 71.8 cm³/mol. The summed E-state index contributed by atoms with van der Waals surface area (Å²) < 4.78 is 0. The molecule has 2 heteroatoms. The fourth-order valence-corrected chi connectivity index (χ4v) is 1.65. The molecule has 0 aromatic heterocycles. The minimum Gasteiger partial charge on any atom is -0.293 e. The molecular weight excluding hydrogens is 218 g/mol. The summed E-state index contributed by atoms with van der Waals surface area (Å²) >= 11 is 5.78. The Balaban J connectivity index is 2.62. The van der Waals surface area contributed by atoms with Crippen LogP contribution in [0.1, 0.15) is 19.4 Å². The van der Waals surface area contributed by atoms with E-state index in [9.17, 15) is 0 Å². The van der Waals surface area contributed by atoms with E-state index in [4.69, 9.17) is 11.6 Å². The summed E-state index contributed by atoms with van der Waals surface area (Å²) in [4.78, 5) is 2.38. The molecule has 0 saturated carbocycles. The molecule has 0 aliphatic heterocycles. The first-order valence-corrected chi connectivity index (χ1v) is 6.17. The molecule has 16 heavy (non-hydrogen) atoms. The molecule has 0 bridgehead atoms. The Bertz CT molecular complexity index is 319. The van der Waals surface area contributed by atoms with Crippen LogP contribution in [-0.2, 0) is 6.54 Å². The highest BCUT2D eigenvalue weighted by Gasteiger charge is 2.10. The highest BCUT2D eigenvalue weighted by molar-refractivity contribution is 6.19. The van der Waals surface area contributed by atoms with Gasteiger partial charge in [0.15, 0.2) is 0 Å². The van der Waals surface area contributed by atoms with E-state index in [2.05, 4.69) is 49.6 Å². The summed E-state index contributed by atoms with van der Waals surface area (Å²) in [6.07, 6.45) is 0. The zero-order chi connectivity index (χ0) is 12.0. The van der Waals surface area contributed by atoms with Crippen LogP contribution >= 0.6 is 11.6 Å². The third-order valence-corrected chi connectivity index (χ3v) is 2.95. The van der Waals surface area contributed by atoms with Gasteiger partial charge in [-0.15, -0.1) is 11.6 Å². The Morgan fingerprint density at radius 1 is 1.31 bits per heavy atom. The van der Waals surface area contributed by atoms with Crippen molar-refractivity contribution >= 4 is 11.6 Å². The average Bonchev–Trinajstić information content (AvgIpc) is 2.29. The fraction of sp³-hybridized carbons (Fsp3) is 0.429. The molecule has 1 aromatic carbocycles. The lowest BCUT2D eigenvalue weighted by molar-refractivity contribution is 0.232. The minimum atomic E-state index is 0.500. The summed E-state index contributed by atoms with van der Waals surface area (Å²) in [5, 5.41) is 0. The number of alkyl halides is 1. The van der Waals surface area contributed by atoms with E-state index in [-0.39, 0.29) is 0 Å². The first-order valence-electron chi connectivity index (χ1n) is 5.64. The van der Waals surface area contributed by atoms with Crippen molar-refractivity contribution in [2.24, 2.45) is 0 Å². The molecular formula is C14H20ClN. The zero-order valence-electron chi connectivity index (χ0n) is 10.1. The van der Waals surface area contributed by atoms with Gasteiger partial charge in [-0.3, -0.25) is 4.90 Å². The molecule has 0 N–H and O–H groups in total. The van der Waals surface area contributed by atoms with Gasteiger partial charge in [0.1, 0.15) is 0 Å². The van der Waals surface area contributed by atoms with E-state index in [1.165, 1.54) is 5.56 Å². The van der Waals surface area contributed by atoms with E-state index >= 15 is 0 Å². The average molecular weight is 238 g/mol. The number of rotatable bonds is 6. The van der Waals surface area contributed by atoms with Crippen molar-refractivity contribution < 1.29 is 0 Å². The first-order chi connectivity index (χ1) is 7.63. The molecule has 0 unspecified atom stereocenters. The SMILES string of the molecule is C=C(CCl)CN(Cc1ccccc1)C(C)C. The predicted octanol–water partition coefficient (Wildman–Crippen LogP) is 3.69. The van der Waals surface area contributed by atoms with Gasteiger partial charge in [-0.25, -0.2) is 0 Å². The molecule has 0 atom stereocenters. The first kappa shape index (κ1) is 13.3. The summed E-state index contributed by atoms with van der Waals surface area (Å²) in [5.41, 5.74) is 2.41. The smallest absolute Gasteiger partial charge is 0.0443 e. The molecule has 0 amide bonds. The van der Waals surface area contributed by atoms with Gasteiger partial charge in [-0.2, -0.15) is 0 Å². The monoisotopic (exact) mass is 237 g/mol. The van der Waals surface area contributed by atoms with Gasteiger partial charge in [0.25, 0.3) is 0 Å². The second kappa shape index (κ2) is 6.72. The highest BCUT2D eigenvalue weighted by Crippen LogP contribution is 2.10. The van der Waals surface area contributed by atoms with Gasteiger partial charge in [-0.05, 0) is 25.0 Å². The van der Waals surface area contributed by atoms with Crippen LogP contribution in [0.25, 0.3) is 0 Å². The maximum atomic E-state index is 5.78. The van der Waals surface area contributed by atoms with E-state index in [0.29, 0.717) is 11.9 Å². The standard InChI is InChI=1S/C14H20ClN/c1-12(2)16(10-13(3)9-15)11-14-7-5-4-6-8-14/h4-8,12H,3,9-11H2,1-2H3. The van der Waals surface area contributed by atoms with E-state index in [0.717, 1.165) is 18.7 Å². The highest BCUT2D eigenvalue weighted by atomic mass is 35.5. The maximum Gasteiger partial charge on any atom is 0.0443 e. The van der Waals surface area contributed by atoms with Crippen LogP contribution in [0, 0.1) is 0 Å². The van der Waals surface area contributed by atoms with Crippen LogP contribution in [0.2, 0.25) is 0 Å². The van der Waals surface area contributed by atoms with Gasteiger partial charge in [0, 0.05) is 25.0 Å². The second-order valence-corrected chi connectivity index (χ2v) is 4.64. The van der Waals surface area contributed by atoms with Crippen LogP contribution < -0.4 is 0 Å². The Hall–Kier alpha value is -0.790. The van der Waals surface area contributed by atoms with Crippen LogP contribution in [-0.4, -0.2) is 23.4 Å². The Labute approximate surface area is 104 Å². The van der Waals surface area contributed by atoms with Crippen LogP contribution in [0.5, 0.6) is 0 Å². The van der Waals surface area contributed by atoms with Gasteiger partial charge in [0.05, 0.1) is 0 Å². The van der Waals surface area contributed by atoms with E-state index in [1.807, 2.05) is 6.07 Å². The molecule has 0 aliphatic carbocycles. The second-order valence-electron chi connectivity index (χ2n) is 4.37. The van der Waals surface area contributed by atoms with Crippen molar-refractivity contribution in [2.75, 3.05) is 12.4 Å². The van der Waals surface area contributed by atoms with Gasteiger partial charge >= 0.3 is 0 Å². The number of halogens is 1. The Morgan fingerprint density at radius 2 is 1.94 bits per heavy atom. The maximum absolute atomic E-state index is 5.78. The van der Waals surface area contributed by atoms with Crippen molar-refractivity contribution in [3.05, 3.63) is 48.0 Å². The largest absolute Gasteiger partial charge is 0.293 e. The molecule has 1 aromatic rings. The molecule has 0 aliphatic rings. The van der Waals surface area contributed by atoms with Gasteiger partial charge in [0.2, 0.25) is 0 Å². The number of nitrogens with zero attached hydrogens (tertiary/aromatic N) is 1. The van der Waals surface area contributed by atoms with Crippen molar-refractivity contribution in [3.8, 4) is 0 Å². The van der Waals surface area contributed by atoms with Crippen LogP contribution in [0.4, 0.5) is 0 Å². The van der Waals surface area contributed by atoms with Crippen LogP contribution in [0.15, 0.2) is 42.5 Å². The molecule has 0 spiro atoms. The fourth-order valence-electron chi connectivity index (χ4n) is 1.57. The third-order valence-electron chi connectivity index (χ3n) is 2.57. The summed E-state index contributed by atoms with van der Waals surface area (Å²) in [6.45, 7) is 10.2. The lowest BCUT2D eigenvalue weighted by Crippen LogP contribution is -2.32. The van der Waals surface area contributed by atoms with Crippen LogP contribution in [0.3, 0.4) is 0 Å². The molecule has 88 valence electrons. The summed E-state index contributed by atoms with van der Waals surface area (Å²) in [7, 11) is 0. The Morgan fingerprint density at radius 3 is 2.44 bits per heavy atom. The molecule has 0 heterocycles. The van der Waals surface area contributed by atoms with Crippen molar-refractivity contribution in [1.29, 1.82) is 0 Å². The molecule has 0 fully saturated rings. The lowest BCUT2D eigenvalue weighted by atomic mass is 10.1. The molecule has 1 rings (SSSR count). The molecule has 1 nitrogen and oxygen atoms in total. The number of hydrogen-bond acceptors (Lipinski definition) is 1. The Kier molecular flexibility index (Phi) is 5.58.